The van der Waals surface area contributed by atoms with Crippen molar-refractivity contribution in [2.45, 2.75) is 91.4 Å². The molecule has 0 heterocycles. The Labute approximate surface area is 134 Å². The number of unbranched alkanes of at least 4 members (excludes halogenated alkanes) is 6. The molecule has 0 nitrogen and oxygen atoms in total. The molecule has 0 N–H and O–H groups in total. The zero-order valence-corrected chi connectivity index (χ0v) is 14.7. The first-order valence-corrected chi connectivity index (χ1v) is 9.16. The first-order valence-electron chi connectivity index (χ1n) is 9.16. The molecular weight excluding hydrogens is 252 g/mol. The Hall–Kier alpha value is -0.780. The van der Waals surface area contributed by atoms with Crippen molar-refractivity contribution in [3.05, 3.63) is 42.4 Å². The Kier molecular flexibility index (Phi) is 16.6. The first kappa shape index (κ1) is 20.2. The molecule has 0 aliphatic carbocycles. The molecule has 0 amide bonds. The molecule has 0 unspecified atom stereocenters. The van der Waals surface area contributed by atoms with Gasteiger partial charge < -0.3 is 0 Å². The van der Waals surface area contributed by atoms with Crippen LogP contribution >= 0.6 is 0 Å². The highest BCUT2D eigenvalue weighted by Gasteiger charge is 2.00. The third-order valence-corrected chi connectivity index (χ3v) is 3.60. The fourth-order valence-corrected chi connectivity index (χ4v) is 2.18. The molecule has 0 aromatic rings. The summed E-state index contributed by atoms with van der Waals surface area (Å²) in [5, 5.41) is 0. The van der Waals surface area contributed by atoms with Gasteiger partial charge in [0.25, 0.3) is 0 Å². The number of hydrogen-bond acceptors (Lipinski definition) is 0. The van der Waals surface area contributed by atoms with Crippen LogP contribution in [0.1, 0.15) is 91.4 Å². The lowest BCUT2D eigenvalue weighted by Gasteiger charge is -2.06. The molecule has 0 aromatic heterocycles. The Morgan fingerprint density at radius 3 is 1.81 bits per heavy atom. The number of allylic oxidation sites excluding steroid dienone is 6. The van der Waals surface area contributed by atoms with E-state index in [4.69, 9.17) is 0 Å². The van der Waals surface area contributed by atoms with Crippen LogP contribution in [0.25, 0.3) is 0 Å². The second kappa shape index (κ2) is 17.3. The molecule has 0 spiro atoms. The van der Waals surface area contributed by atoms with Gasteiger partial charge in [0.05, 0.1) is 0 Å². The van der Waals surface area contributed by atoms with Gasteiger partial charge in [-0.05, 0) is 38.5 Å². The standard InChI is InChI=1S/C21H37/c1-4-7-10-13-16-19-21(18-15-12-9-6-3)20-17-14-11-8-5-2/h12-13,15-17,20H,4-11,14,18-19H2,1-3H3. The first-order chi connectivity index (χ1) is 10.3. The van der Waals surface area contributed by atoms with Crippen molar-refractivity contribution < 1.29 is 0 Å². The van der Waals surface area contributed by atoms with Crippen molar-refractivity contribution >= 4 is 0 Å². The van der Waals surface area contributed by atoms with E-state index in [0.29, 0.717) is 0 Å². The van der Waals surface area contributed by atoms with E-state index in [9.17, 15) is 0 Å². The predicted molar refractivity (Wildman–Crippen MR) is 98.5 cm³/mol. The van der Waals surface area contributed by atoms with Crippen LogP contribution in [0.15, 0.2) is 36.5 Å². The largest absolute Gasteiger partial charge is 0.0885 e. The van der Waals surface area contributed by atoms with E-state index in [1.807, 2.05) is 0 Å². The number of rotatable bonds is 14. The molecule has 121 valence electrons. The third kappa shape index (κ3) is 15.4. The van der Waals surface area contributed by atoms with Crippen LogP contribution in [0.2, 0.25) is 0 Å². The van der Waals surface area contributed by atoms with Gasteiger partial charge >= 0.3 is 0 Å². The molecular formula is C21H37. The van der Waals surface area contributed by atoms with Crippen molar-refractivity contribution in [3.63, 3.8) is 0 Å². The van der Waals surface area contributed by atoms with Crippen LogP contribution in [0, 0.1) is 5.92 Å². The van der Waals surface area contributed by atoms with E-state index in [2.05, 4.69) is 57.2 Å². The maximum Gasteiger partial charge on any atom is 0.00474 e. The van der Waals surface area contributed by atoms with Crippen LogP contribution < -0.4 is 0 Å². The summed E-state index contributed by atoms with van der Waals surface area (Å²) < 4.78 is 0. The van der Waals surface area contributed by atoms with Crippen LogP contribution in [0.4, 0.5) is 0 Å². The van der Waals surface area contributed by atoms with Crippen molar-refractivity contribution in [2.24, 2.45) is 0 Å². The molecule has 21 heavy (non-hydrogen) atoms. The van der Waals surface area contributed by atoms with Crippen LogP contribution in [-0.4, -0.2) is 0 Å². The lowest BCUT2D eigenvalue weighted by Crippen LogP contribution is -1.90. The minimum absolute atomic E-state index is 1.11. The lowest BCUT2D eigenvalue weighted by molar-refractivity contribution is 0.728. The summed E-state index contributed by atoms with van der Waals surface area (Å²) in [5.74, 6) is 1.55. The second-order valence-electron chi connectivity index (χ2n) is 5.84. The zero-order chi connectivity index (χ0) is 15.6. The molecule has 0 aliphatic rings. The lowest BCUT2D eigenvalue weighted by atomic mass is 9.98. The van der Waals surface area contributed by atoms with Crippen LogP contribution in [-0.2, 0) is 0 Å². The van der Waals surface area contributed by atoms with Crippen molar-refractivity contribution in [1.29, 1.82) is 0 Å². The molecule has 0 aromatic carbocycles. The van der Waals surface area contributed by atoms with Crippen LogP contribution in [0.3, 0.4) is 0 Å². The highest BCUT2D eigenvalue weighted by atomic mass is 14.0. The second-order valence-corrected chi connectivity index (χ2v) is 5.84. The molecule has 0 fully saturated rings. The zero-order valence-electron chi connectivity index (χ0n) is 14.7. The average Bonchev–Trinajstić information content (AvgIpc) is 2.50. The van der Waals surface area contributed by atoms with E-state index >= 15 is 0 Å². The Morgan fingerprint density at radius 1 is 0.571 bits per heavy atom. The van der Waals surface area contributed by atoms with Gasteiger partial charge in [0, 0.05) is 5.92 Å². The minimum Gasteiger partial charge on any atom is -0.0885 e. The Bertz CT molecular complexity index is 270. The maximum absolute atomic E-state index is 2.37. The summed E-state index contributed by atoms with van der Waals surface area (Å²) in [6.07, 6.45) is 27.9. The molecule has 0 aliphatic heterocycles. The fraction of sp³-hybridized carbons (Fsp3) is 0.667. The molecule has 0 saturated carbocycles. The SMILES string of the molecule is CCCC=CC[C](C=CCCCCC)CC=CCCCC. The third-order valence-electron chi connectivity index (χ3n) is 3.60. The smallest absolute Gasteiger partial charge is 0.00474 e. The molecule has 0 rings (SSSR count). The van der Waals surface area contributed by atoms with Gasteiger partial charge in [-0.1, -0.05) is 89.3 Å². The quantitative estimate of drug-likeness (QED) is 0.228. The molecule has 0 heteroatoms. The average molecular weight is 290 g/mol. The van der Waals surface area contributed by atoms with Gasteiger partial charge in [-0.25, -0.2) is 0 Å². The monoisotopic (exact) mass is 289 g/mol. The van der Waals surface area contributed by atoms with E-state index in [-0.39, 0.29) is 0 Å². The van der Waals surface area contributed by atoms with Gasteiger partial charge in [-0.15, -0.1) is 0 Å². The molecule has 0 saturated heterocycles. The summed E-state index contributed by atoms with van der Waals surface area (Å²) in [6, 6.07) is 0. The van der Waals surface area contributed by atoms with Crippen LogP contribution in [0.5, 0.6) is 0 Å². The van der Waals surface area contributed by atoms with Crippen molar-refractivity contribution in [1.82, 2.24) is 0 Å². The normalized spacial score (nSPS) is 12.6. The van der Waals surface area contributed by atoms with Gasteiger partial charge in [0.1, 0.15) is 0 Å². The highest BCUT2D eigenvalue weighted by molar-refractivity contribution is 5.16. The fourth-order valence-electron chi connectivity index (χ4n) is 2.18. The predicted octanol–water partition coefficient (Wildman–Crippen LogP) is 7.58. The van der Waals surface area contributed by atoms with E-state index in [1.54, 1.807) is 5.92 Å². The highest BCUT2D eigenvalue weighted by Crippen LogP contribution is 2.17. The topological polar surface area (TPSA) is 0 Å². The number of hydrogen-bond donors (Lipinski definition) is 0. The van der Waals surface area contributed by atoms with E-state index in [1.165, 1.54) is 57.8 Å². The minimum atomic E-state index is 1.11. The van der Waals surface area contributed by atoms with E-state index < -0.39 is 0 Å². The molecule has 0 bridgehead atoms. The molecule has 1 radical (unpaired) electrons. The van der Waals surface area contributed by atoms with Gasteiger partial charge in [-0.2, -0.15) is 0 Å². The summed E-state index contributed by atoms with van der Waals surface area (Å²) in [7, 11) is 0. The van der Waals surface area contributed by atoms with Crippen molar-refractivity contribution in [3.8, 4) is 0 Å². The maximum atomic E-state index is 2.37. The Morgan fingerprint density at radius 2 is 1.19 bits per heavy atom. The van der Waals surface area contributed by atoms with Crippen molar-refractivity contribution in [2.75, 3.05) is 0 Å². The van der Waals surface area contributed by atoms with Gasteiger partial charge in [0.15, 0.2) is 0 Å². The summed E-state index contributed by atoms with van der Waals surface area (Å²) in [4.78, 5) is 0. The Balaban J connectivity index is 4.10. The van der Waals surface area contributed by atoms with Gasteiger partial charge in [0.2, 0.25) is 0 Å². The van der Waals surface area contributed by atoms with E-state index in [0.717, 1.165) is 12.8 Å². The summed E-state index contributed by atoms with van der Waals surface area (Å²) >= 11 is 0. The summed E-state index contributed by atoms with van der Waals surface area (Å²) in [5.41, 5.74) is 0. The summed E-state index contributed by atoms with van der Waals surface area (Å²) in [6.45, 7) is 6.75. The molecule has 0 atom stereocenters. The van der Waals surface area contributed by atoms with Gasteiger partial charge in [-0.3, -0.25) is 0 Å².